The summed E-state index contributed by atoms with van der Waals surface area (Å²) in [6, 6.07) is 8.45. The SMILES string of the molecule is N#Cc1ccc(CS(=O)(=O)NCCn2ccnn2)cc1. The maximum absolute atomic E-state index is 11.9. The average molecular weight is 291 g/mol. The van der Waals surface area contributed by atoms with E-state index in [0.29, 0.717) is 17.7 Å². The van der Waals surface area contributed by atoms with E-state index in [9.17, 15) is 8.42 Å². The molecule has 0 aliphatic carbocycles. The molecule has 0 saturated heterocycles. The Balaban J connectivity index is 1.88. The van der Waals surface area contributed by atoms with E-state index in [2.05, 4.69) is 15.0 Å². The third-order valence-electron chi connectivity index (χ3n) is 2.57. The van der Waals surface area contributed by atoms with Crippen molar-refractivity contribution < 1.29 is 8.42 Å². The lowest BCUT2D eigenvalue weighted by Crippen LogP contribution is -2.28. The summed E-state index contributed by atoms with van der Waals surface area (Å²) in [6.07, 6.45) is 3.19. The highest BCUT2D eigenvalue weighted by molar-refractivity contribution is 7.88. The molecule has 1 heterocycles. The Kier molecular flexibility index (Phi) is 4.45. The highest BCUT2D eigenvalue weighted by Crippen LogP contribution is 2.07. The Morgan fingerprint density at radius 2 is 2.05 bits per heavy atom. The number of hydrogen-bond donors (Lipinski definition) is 1. The van der Waals surface area contributed by atoms with E-state index in [1.165, 1.54) is 6.20 Å². The molecule has 104 valence electrons. The Labute approximate surface area is 116 Å². The summed E-state index contributed by atoms with van der Waals surface area (Å²) in [5.41, 5.74) is 1.14. The number of rotatable bonds is 6. The summed E-state index contributed by atoms with van der Waals surface area (Å²) in [4.78, 5) is 0. The third kappa shape index (κ3) is 4.15. The zero-order valence-corrected chi connectivity index (χ0v) is 11.4. The second kappa shape index (κ2) is 6.27. The van der Waals surface area contributed by atoms with Crippen LogP contribution in [0.4, 0.5) is 0 Å². The molecule has 0 unspecified atom stereocenters. The van der Waals surface area contributed by atoms with Gasteiger partial charge >= 0.3 is 0 Å². The van der Waals surface area contributed by atoms with Gasteiger partial charge in [-0.05, 0) is 17.7 Å². The molecule has 0 atom stereocenters. The Morgan fingerprint density at radius 3 is 2.65 bits per heavy atom. The van der Waals surface area contributed by atoms with Crippen molar-refractivity contribution in [2.24, 2.45) is 0 Å². The van der Waals surface area contributed by atoms with Gasteiger partial charge in [0, 0.05) is 12.7 Å². The fourth-order valence-corrected chi connectivity index (χ4v) is 2.75. The first-order valence-electron chi connectivity index (χ1n) is 5.89. The predicted octanol–water partition coefficient (Wildman–Crippen LogP) is 0.269. The quantitative estimate of drug-likeness (QED) is 0.823. The Hall–Kier alpha value is -2.24. The number of hydrogen-bond acceptors (Lipinski definition) is 5. The molecule has 1 N–H and O–H groups in total. The smallest absolute Gasteiger partial charge is 0.215 e. The van der Waals surface area contributed by atoms with Gasteiger partial charge < -0.3 is 0 Å². The van der Waals surface area contributed by atoms with Crippen LogP contribution in [0.15, 0.2) is 36.7 Å². The fraction of sp³-hybridized carbons (Fsp3) is 0.250. The van der Waals surface area contributed by atoms with Gasteiger partial charge in [-0.3, -0.25) is 4.68 Å². The number of nitrogens with one attached hydrogen (secondary N) is 1. The highest BCUT2D eigenvalue weighted by Gasteiger charge is 2.10. The molecule has 2 aromatic rings. The molecule has 20 heavy (non-hydrogen) atoms. The van der Waals surface area contributed by atoms with Gasteiger partial charge in [-0.15, -0.1) is 5.10 Å². The normalized spacial score (nSPS) is 11.2. The van der Waals surface area contributed by atoms with Crippen LogP contribution in [0.3, 0.4) is 0 Å². The fourth-order valence-electron chi connectivity index (χ4n) is 1.61. The van der Waals surface area contributed by atoms with Crippen molar-refractivity contribution in [3.63, 3.8) is 0 Å². The van der Waals surface area contributed by atoms with Crippen LogP contribution in [0, 0.1) is 11.3 Å². The van der Waals surface area contributed by atoms with Crippen molar-refractivity contribution >= 4 is 10.0 Å². The van der Waals surface area contributed by atoms with Gasteiger partial charge in [-0.2, -0.15) is 5.26 Å². The van der Waals surface area contributed by atoms with E-state index < -0.39 is 10.0 Å². The zero-order chi connectivity index (χ0) is 14.4. The monoisotopic (exact) mass is 291 g/mol. The maximum Gasteiger partial charge on any atom is 0.215 e. The first-order valence-corrected chi connectivity index (χ1v) is 7.55. The van der Waals surface area contributed by atoms with Crippen LogP contribution in [0.2, 0.25) is 0 Å². The average Bonchev–Trinajstić information content (AvgIpc) is 2.92. The van der Waals surface area contributed by atoms with E-state index in [4.69, 9.17) is 5.26 Å². The first-order chi connectivity index (χ1) is 9.59. The Morgan fingerprint density at radius 1 is 1.30 bits per heavy atom. The summed E-state index contributed by atoms with van der Waals surface area (Å²) in [7, 11) is -3.40. The van der Waals surface area contributed by atoms with Crippen LogP contribution in [0.25, 0.3) is 0 Å². The van der Waals surface area contributed by atoms with Crippen molar-refractivity contribution in [2.75, 3.05) is 6.54 Å². The number of aromatic nitrogens is 3. The van der Waals surface area contributed by atoms with Crippen LogP contribution < -0.4 is 4.72 Å². The van der Waals surface area contributed by atoms with Gasteiger partial charge in [-0.25, -0.2) is 13.1 Å². The van der Waals surface area contributed by atoms with E-state index in [0.717, 1.165) is 0 Å². The molecule has 0 spiro atoms. The second-order valence-corrected chi connectivity index (χ2v) is 5.94. The molecule has 0 saturated carbocycles. The molecule has 8 heteroatoms. The third-order valence-corrected chi connectivity index (χ3v) is 3.93. The van der Waals surface area contributed by atoms with E-state index in [1.54, 1.807) is 35.1 Å². The zero-order valence-electron chi connectivity index (χ0n) is 10.6. The topological polar surface area (TPSA) is 101 Å². The van der Waals surface area contributed by atoms with Gasteiger partial charge in [0.05, 0.1) is 30.1 Å². The van der Waals surface area contributed by atoms with Crippen LogP contribution in [0.1, 0.15) is 11.1 Å². The van der Waals surface area contributed by atoms with E-state index >= 15 is 0 Å². The van der Waals surface area contributed by atoms with Crippen LogP contribution in [-0.4, -0.2) is 30.0 Å². The van der Waals surface area contributed by atoms with Crippen molar-refractivity contribution in [1.82, 2.24) is 19.7 Å². The second-order valence-electron chi connectivity index (χ2n) is 4.13. The molecule has 1 aromatic heterocycles. The van der Waals surface area contributed by atoms with Gasteiger partial charge in [0.1, 0.15) is 0 Å². The lowest BCUT2D eigenvalue weighted by Gasteiger charge is -2.06. The molecule has 0 amide bonds. The van der Waals surface area contributed by atoms with E-state index in [1.807, 2.05) is 6.07 Å². The van der Waals surface area contributed by atoms with E-state index in [-0.39, 0.29) is 12.3 Å². The predicted molar refractivity (Wildman–Crippen MR) is 71.8 cm³/mol. The van der Waals surface area contributed by atoms with Crippen LogP contribution >= 0.6 is 0 Å². The molecular formula is C12H13N5O2S. The standard InChI is InChI=1S/C12H13N5O2S/c13-9-11-1-3-12(4-2-11)10-20(18,19)15-6-8-17-7-5-14-16-17/h1-5,7,15H,6,8,10H2. The molecule has 0 aliphatic rings. The maximum atomic E-state index is 11.9. The van der Waals surface area contributed by atoms with Crippen LogP contribution in [0.5, 0.6) is 0 Å². The van der Waals surface area contributed by atoms with Crippen LogP contribution in [-0.2, 0) is 22.3 Å². The van der Waals surface area contributed by atoms with Crippen molar-refractivity contribution in [3.05, 3.63) is 47.8 Å². The largest absolute Gasteiger partial charge is 0.251 e. The van der Waals surface area contributed by atoms with Crippen molar-refractivity contribution in [2.45, 2.75) is 12.3 Å². The molecule has 0 radical (unpaired) electrons. The molecule has 0 fully saturated rings. The van der Waals surface area contributed by atoms with Gasteiger partial charge in [0.15, 0.2) is 0 Å². The summed E-state index contributed by atoms with van der Waals surface area (Å²) in [5, 5.41) is 16.0. The summed E-state index contributed by atoms with van der Waals surface area (Å²) >= 11 is 0. The summed E-state index contributed by atoms with van der Waals surface area (Å²) in [5.74, 6) is -0.115. The number of benzene rings is 1. The molecule has 2 rings (SSSR count). The van der Waals surface area contributed by atoms with Crippen molar-refractivity contribution in [3.8, 4) is 6.07 Å². The van der Waals surface area contributed by atoms with Crippen molar-refractivity contribution in [1.29, 1.82) is 5.26 Å². The molecular weight excluding hydrogens is 278 g/mol. The first kappa shape index (κ1) is 14.2. The Bertz CT molecular complexity index is 686. The lowest BCUT2D eigenvalue weighted by molar-refractivity contribution is 0.552. The lowest BCUT2D eigenvalue weighted by atomic mass is 10.2. The van der Waals surface area contributed by atoms with Gasteiger partial charge in [0.25, 0.3) is 0 Å². The molecule has 7 nitrogen and oxygen atoms in total. The minimum absolute atomic E-state index is 0.115. The number of sulfonamides is 1. The minimum Gasteiger partial charge on any atom is -0.251 e. The molecule has 0 bridgehead atoms. The highest BCUT2D eigenvalue weighted by atomic mass is 32.2. The molecule has 1 aromatic carbocycles. The van der Waals surface area contributed by atoms with Gasteiger partial charge in [-0.1, -0.05) is 17.3 Å². The number of nitrogens with zero attached hydrogens (tertiary/aromatic N) is 4. The number of nitriles is 1. The summed E-state index contributed by atoms with van der Waals surface area (Å²) in [6.45, 7) is 0.675. The van der Waals surface area contributed by atoms with Gasteiger partial charge in [0.2, 0.25) is 10.0 Å². The molecule has 0 aliphatic heterocycles. The summed E-state index contributed by atoms with van der Waals surface area (Å²) < 4.78 is 27.8. The minimum atomic E-state index is -3.40.